The lowest BCUT2D eigenvalue weighted by molar-refractivity contribution is -0.408. The lowest BCUT2D eigenvalue weighted by atomic mass is 9.72. The molecule has 14 heteroatoms. The maximum absolute atomic E-state index is 12.6. The molecular formula is C43H74O13S. The van der Waals surface area contributed by atoms with Gasteiger partial charge in [0.2, 0.25) is 5.79 Å². The molecule has 330 valence electrons. The van der Waals surface area contributed by atoms with E-state index in [1.807, 2.05) is 55.4 Å². The Kier molecular flexibility index (Phi) is 14.5. The molecule has 57 heavy (non-hydrogen) atoms. The molecule has 13 nitrogen and oxygen atoms in total. The standard InChI is InChI=1S/C43H74O13S/c1-12-30(39(46)47)32-16-15-24(4)37(52-32)28(8)35(44)27(7)36(45)31(13-2)38-25(5)23-26(6)42(53-38)20-18-34(54-57(11,49)50)43(56-42)22-21-40(10,55-43)33-17-19-41(48,14-3)29(9)51-33/h18,20,24-38,44-45,48H,12-17,19,21-23H2,1-11H3,(H,46,47)/t24?,25-,26+,27-,28-,29-,30+,31-,32+,33+,34+,35+,36+,37+,38-,40-,41+,42-,43-/m0/s1. The summed E-state index contributed by atoms with van der Waals surface area (Å²) in [4.78, 5) is 12.0. The fourth-order valence-corrected chi connectivity index (χ4v) is 11.6. The number of carbonyl (C=O) groups is 1. The zero-order valence-electron chi connectivity index (χ0n) is 36.3. The second-order valence-electron chi connectivity index (χ2n) is 18.9. The van der Waals surface area contributed by atoms with Crippen molar-refractivity contribution in [2.75, 3.05) is 6.26 Å². The Bertz CT molecular complexity index is 1530. The molecule has 0 aromatic rings. The molecule has 0 aliphatic carbocycles. The summed E-state index contributed by atoms with van der Waals surface area (Å²) in [5, 5.41) is 44.9. The van der Waals surface area contributed by atoms with Crippen LogP contribution >= 0.6 is 0 Å². The zero-order chi connectivity index (χ0) is 42.5. The van der Waals surface area contributed by atoms with Gasteiger partial charge in [0.15, 0.2) is 5.79 Å². The quantitative estimate of drug-likeness (QED) is 0.119. The summed E-state index contributed by atoms with van der Waals surface area (Å²) in [5.41, 5.74) is -1.82. The largest absolute Gasteiger partial charge is 0.481 e. The van der Waals surface area contributed by atoms with E-state index in [1.165, 1.54) is 0 Å². The highest BCUT2D eigenvalue weighted by atomic mass is 32.2. The topological polar surface area (TPSA) is 188 Å². The van der Waals surface area contributed by atoms with Gasteiger partial charge in [-0.2, -0.15) is 8.42 Å². The molecule has 4 N–H and O–H groups in total. The molecule has 5 aliphatic heterocycles. The van der Waals surface area contributed by atoms with Crippen LogP contribution in [0.3, 0.4) is 0 Å². The second-order valence-corrected chi connectivity index (χ2v) is 20.5. The van der Waals surface area contributed by atoms with E-state index in [1.54, 1.807) is 12.2 Å². The predicted octanol–water partition coefficient (Wildman–Crippen LogP) is 5.96. The Morgan fingerprint density at radius 2 is 1.60 bits per heavy atom. The lowest BCUT2D eigenvalue weighted by Gasteiger charge is -2.55. The first-order valence-corrected chi connectivity index (χ1v) is 23.6. The summed E-state index contributed by atoms with van der Waals surface area (Å²) >= 11 is 0. The van der Waals surface area contributed by atoms with Gasteiger partial charge in [0.05, 0.1) is 66.1 Å². The molecule has 5 rings (SSSR count). The molecule has 0 radical (unpaired) electrons. The van der Waals surface area contributed by atoms with E-state index in [9.17, 15) is 33.6 Å². The van der Waals surface area contributed by atoms with Gasteiger partial charge in [-0.25, -0.2) is 0 Å². The van der Waals surface area contributed by atoms with Gasteiger partial charge < -0.3 is 44.1 Å². The second kappa shape index (κ2) is 17.6. The van der Waals surface area contributed by atoms with Crippen molar-refractivity contribution in [3.05, 3.63) is 12.2 Å². The van der Waals surface area contributed by atoms with Crippen LogP contribution in [0.5, 0.6) is 0 Å². The number of aliphatic carboxylic acids is 1. The number of carboxylic acids is 1. The van der Waals surface area contributed by atoms with Crippen molar-refractivity contribution in [2.45, 2.75) is 205 Å². The van der Waals surface area contributed by atoms with E-state index in [4.69, 9.17) is 27.9 Å². The van der Waals surface area contributed by atoms with Crippen LogP contribution in [0, 0.1) is 41.4 Å². The maximum atomic E-state index is 12.6. The molecule has 0 saturated carbocycles. The summed E-state index contributed by atoms with van der Waals surface area (Å²) in [6.07, 6.45) is 4.87. The van der Waals surface area contributed by atoms with E-state index in [2.05, 4.69) is 13.8 Å². The molecule has 5 heterocycles. The molecule has 4 saturated heterocycles. The van der Waals surface area contributed by atoms with Crippen LogP contribution in [0.4, 0.5) is 0 Å². The van der Waals surface area contributed by atoms with E-state index < -0.39 is 93.2 Å². The smallest absolute Gasteiger partial charge is 0.309 e. The van der Waals surface area contributed by atoms with Crippen molar-refractivity contribution in [1.29, 1.82) is 0 Å². The average Bonchev–Trinajstić information content (AvgIpc) is 3.49. The van der Waals surface area contributed by atoms with Gasteiger partial charge in [-0.3, -0.25) is 8.98 Å². The first-order chi connectivity index (χ1) is 26.5. The summed E-state index contributed by atoms with van der Waals surface area (Å²) < 4.78 is 64.8. The summed E-state index contributed by atoms with van der Waals surface area (Å²) in [6.45, 7) is 19.6. The number of aliphatic hydroxyl groups excluding tert-OH is 2. The molecule has 0 bridgehead atoms. The third-order valence-electron chi connectivity index (χ3n) is 14.9. The number of hydrogen-bond acceptors (Lipinski definition) is 12. The summed E-state index contributed by atoms with van der Waals surface area (Å²) in [7, 11) is -3.94. The van der Waals surface area contributed by atoms with E-state index in [0.717, 1.165) is 12.7 Å². The number of ether oxygens (including phenoxy) is 5. The van der Waals surface area contributed by atoms with Gasteiger partial charge in [-0.05, 0) is 95.6 Å². The molecular weight excluding hydrogens is 757 g/mol. The van der Waals surface area contributed by atoms with Gasteiger partial charge in [0.25, 0.3) is 10.1 Å². The highest BCUT2D eigenvalue weighted by Crippen LogP contribution is 2.55. The van der Waals surface area contributed by atoms with Crippen LogP contribution in [-0.4, -0.2) is 113 Å². The predicted molar refractivity (Wildman–Crippen MR) is 213 cm³/mol. The van der Waals surface area contributed by atoms with Crippen LogP contribution in [0.15, 0.2) is 12.2 Å². The SMILES string of the molecule is CC[C@@H]([C@H](O)[C@@H](C)[C@@H](O)[C@H](C)[C@@H]1O[C@@H]([C@@H](CC)C(=O)O)CCC1C)[C@H]1O[C@]2(C=C[C@@H](OS(C)(=O)=O)[C@]3(CC[C@@](C)([C@H]4CC[C@](O)(CC)[C@H](C)O4)O3)O2)[C@H](C)C[C@@H]1C. The highest BCUT2D eigenvalue weighted by Gasteiger charge is 2.64. The maximum Gasteiger partial charge on any atom is 0.309 e. The van der Waals surface area contributed by atoms with Crippen LogP contribution in [0.2, 0.25) is 0 Å². The molecule has 1 unspecified atom stereocenters. The monoisotopic (exact) mass is 830 g/mol. The van der Waals surface area contributed by atoms with Crippen molar-refractivity contribution < 1.29 is 61.5 Å². The minimum Gasteiger partial charge on any atom is -0.481 e. The van der Waals surface area contributed by atoms with Crippen molar-refractivity contribution >= 4 is 16.1 Å². The van der Waals surface area contributed by atoms with E-state index in [-0.39, 0.29) is 35.9 Å². The number of rotatable bonds is 14. The van der Waals surface area contributed by atoms with E-state index in [0.29, 0.717) is 57.8 Å². The number of aliphatic hydroxyl groups is 3. The van der Waals surface area contributed by atoms with Gasteiger partial charge in [0, 0.05) is 30.1 Å². The van der Waals surface area contributed by atoms with Crippen molar-refractivity contribution in [3.8, 4) is 0 Å². The van der Waals surface area contributed by atoms with Gasteiger partial charge >= 0.3 is 5.97 Å². The van der Waals surface area contributed by atoms with Crippen LogP contribution < -0.4 is 0 Å². The first-order valence-electron chi connectivity index (χ1n) is 21.8. The van der Waals surface area contributed by atoms with Crippen LogP contribution in [-0.2, 0) is 42.8 Å². The first kappa shape index (κ1) is 46.9. The minimum absolute atomic E-state index is 0.00130. The third-order valence-corrected chi connectivity index (χ3v) is 15.5. The fraction of sp³-hybridized carbons (Fsp3) is 0.930. The normalized spacial score (nSPS) is 44.7. The molecule has 0 aromatic carbocycles. The zero-order valence-corrected chi connectivity index (χ0v) is 37.1. The van der Waals surface area contributed by atoms with Crippen molar-refractivity contribution in [2.24, 2.45) is 41.4 Å². The Labute approximate surface area is 341 Å². The van der Waals surface area contributed by atoms with Crippen molar-refractivity contribution in [3.63, 3.8) is 0 Å². The molecule has 2 spiro atoms. The summed E-state index contributed by atoms with van der Waals surface area (Å²) in [5.74, 6) is -5.80. The Balaban J connectivity index is 1.38. The number of carboxylic acid groups (broad SMARTS) is 1. The molecule has 5 aliphatic rings. The molecule has 0 amide bonds. The van der Waals surface area contributed by atoms with Gasteiger partial charge in [-0.1, -0.05) is 55.4 Å². The number of hydrogen-bond donors (Lipinski definition) is 4. The Morgan fingerprint density at radius 3 is 2.18 bits per heavy atom. The van der Waals surface area contributed by atoms with Crippen LogP contribution in [0.25, 0.3) is 0 Å². The van der Waals surface area contributed by atoms with Gasteiger partial charge in [-0.15, -0.1) is 0 Å². The van der Waals surface area contributed by atoms with Crippen LogP contribution in [0.1, 0.15) is 133 Å². The Hall–Kier alpha value is -1.20. The molecule has 19 atom stereocenters. The lowest BCUT2D eigenvalue weighted by Crippen LogP contribution is -2.63. The summed E-state index contributed by atoms with van der Waals surface area (Å²) in [6, 6.07) is 0. The fourth-order valence-electron chi connectivity index (χ4n) is 11.0. The van der Waals surface area contributed by atoms with Crippen molar-refractivity contribution in [1.82, 2.24) is 0 Å². The highest BCUT2D eigenvalue weighted by molar-refractivity contribution is 7.86. The third kappa shape index (κ3) is 9.35. The minimum atomic E-state index is -3.94. The van der Waals surface area contributed by atoms with E-state index >= 15 is 0 Å². The Morgan fingerprint density at radius 1 is 0.912 bits per heavy atom. The average molecular weight is 831 g/mol. The molecule has 0 aromatic heterocycles. The molecule has 4 fully saturated rings. The van der Waals surface area contributed by atoms with Gasteiger partial charge in [0.1, 0.15) is 6.10 Å².